The molecule has 0 aliphatic carbocycles. The van der Waals surface area contributed by atoms with Crippen LogP contribution in [0.15, 0.2) is 72.2 Å². The van der Waals surface area contributed by atoms with Gasteiger partial charge in [0.2, 0.25) is 0 Å². The summed E-state index contributed by atoms with van der Waals surface area (Å²) in [6.45, 7) is 2.98. The number of rotatable bonds is 5. The van der Waals surface area contributed by atoms with Crippen molar-refractivity contribution in [3.05, 3.63) is 100 Å². The van der Waals surface area contributed by atoms with E-state index >= 15 is 0 Å². The van der Waals surface area contributed by atoms with Crippen LogP contribution in [0.3, 0.4) is 0 Å². The first-order chi connectivity index (χ1) is 14.8. The normalized spacial score (nSPS) is 13.9. The molecular weight excluding hydrogens is 376 g/mol. The number of nitrogens with zero attached hydrogens (tertiary/aromatic N) is 5. The number of aromatic nitrogens is 5. The smallest absolute Gasteiger partial charge is 0.255 e. The molecule has 1 aliphatic rings. The Labute approximate surface area is 174 Å². The highest BCUT2D eigenvalue weighted by Gasteiger charge is 2.22. The third-order valence-corrected chi connectivity index (χ3v) is 5.48. The second kappa shape index (κ2) is 8.04. The van der Waals surface area contributed by atoms with Crippen molar-refractivity contribution in [3.63, 3.8) is 0 Å². The number of H-pyrrole nitrogens is 1. The third-order valence-electron chi connectivity index (χ3n) is 5.48. The number of hydrogen-bond donors (Lipinski definition) is 1. The average molecular weight is 398 g/mol. The van der Waals surface area contributed by atoms with Gasteiger partial charge in [-0.2, -0.15) is 0 Å². The first-order valence-electron chi connectivity index (χ1n) is 10.0. The van der Waals surface area contributed by atoms with E-state index in [2.05, 4.69) is 36.6 Å². The molecule has 0 radical (unpaired) electrons. The van der Waals surface area contributed by atoms with Gasteiger partial charge in [-0.1, -0.05) is 30.3 Å². The van der Waals surface area contributed by atoms with Gasteiger partial charge >= 0.3 is 0 Å². The number of nitrogens with one attached hydrogen (secondary N) is 1. The van der Waals surface area contributed by atoms with E-state index in [4.69, 9.17) is 4.98 Å². The summed E-state index contributed by atoms with van der Waals surface area (Å²) in [6.07, 6.45) is 7.94. The Morgan fingerprint density at radius 2 is 1.83 bits per heavy atom. The van der Waals surface area contributed by atoms with E-state index in [0.717, 1.165) is 48.6 Å². The molecule has 4 aromatic rings. The summed E-state index contributed by atoms with van der Waals surface area (Å²) >= 11 is 0. The number of aromatic amines is 1. The van der Waals surface area contributed by atoms with E-state index in [-0.39, 0.29) is 5.56 Å². The van der Waals surface area contributed by atoms with Crippen molar-refractivity contribution >= 4 is 0 Å². The fraction of sp³-hybridized carbons (Fsp3) is 0.217. The van der Waals surface area contributed by atoms with Crippen LogP contribution in [0, 0.1) is 0 Å². The van der Waals surface area contributed by atoms with Gasteiger partial charge in [0.25, 0.3) is 5.56 Å². The van der Waals surface area contributed by atoms with E-state index in [1.807, 2.05) is 42.9 Å². The highest BCUT2D eigenvalue weighted by atomic mass is 16.1. The Hall–Kier alpha value is -3.58. The van der Waals surface area contributed by atoms with E-state index in [1.54, 1.807) is 12.4 Å². The molecule has 7 heteroatoms. The Kier molecular flexibility index (Phi) is 4.94. The molecule has 0 fully saturated rings. The van der Waals surface area contributed by atoms with Crippen LogP contribution < -0.4 is 5.56 Å². The van der Waals surface area contributed by atoms with Crippen LogP contribution in [0.2, 0.25) is 0 Å². The van der Waals surface area contributed by atoms with Crippen molar-refractivity contribution in [1.82, 2.24) is 29.4 Å². The summed E-state index contributed by atoms with van der Waals surface area (Å²) in [7, 11) is 0. The summed E-state index contributed by atoms with van der Waals surface area (Å²) < 4.78 is 2.17. The Morgan fingerprint density at radius 1 is 1.00 bits per heavy atom. The van der Waals surface area contributed by atoms with Gasteiger partial charge in [0, 0.05) is 56.8 Å². The van der Waals surface area contributed by atoms with Crippen molar-refractivity contribution in [2.45, 2.75) is 26.1 Å². The van der Waals surface area contributed by atoms with Gasteiger partial charge in [-0.25, -0.2) is 9.97 Å². The monoisotopic (exact) mass is 398 g/mol. The molecule has 0 saturated carbocycles. The topological polar surface area (TPSA) is 79.7 Å². The van der Waals surface area contributed by atoms with Gasteiger partial charge in [-0.15, -0.1) is 0 Å². The van der Waals surface area contributed by atoms with Crippen LogP contribution in [-0.2, 0) is 26.1 Å². The van der Waals surface area contributed by atoms with Crippen molar-refractivity contribution in [1.29, 1.82) is 0 Å². The average Bonchev–Trinajstić information content (AvgIpc) is 3.22. The van der Waals surface area contributed by atoms with Crippen molar-refractivity contribution in [2.24, 2.45) is 0 Å². The maximum absolute atomic E-state index is 12.8. The molecular formula is C23H22N6O. The van der Waals surface area contributed by atoms with Crippen LogP contribution in [0.5, 0.6) is 0 Å². The zero-order valence-electron chi connectivity index (χ0n) is 16.5. The Balaban J connectivity index is 1.34. The van der Waals surface area contributed by atoms with Crippen LogP contribution in [0.25, 0.3) is 11.4 Å². The third kappa shape index (κ3) is 3.79. The van der Waals surface area contributed by atoms with Gasteiger partial charge < -0.3 is 9.55 Å². The van der Waals surface area contributed by atoms with E-state index < -0.39 is 0 Å². The summed E-state index contributed by atoms with van der Waals surface area (Å²) in [6, 6.07) is 14.1. The number of benzene rings is 1. The zero-order chi connectivity index (χ0) is 20.3. The van der Waals surface area contributed by atoms with Crippen molar-refractivity contribution in [2.75, 3.05) is 6.54 Å². The van der Waals surface area contributed by atoms with Crippen LogP contribution >= 0.6 is 0 Å². The fourth-order valence-corrected chi connectivity index (χ4v) is 3.89. The lowest BCUT2D eigenvalue weighted by Gasteiger charge is -2.28. The molecule has 3 aromatic heterocycles. The van der Waals surface area contributed by atoms with Crippen molar-refractivity contribution < 1.29 is 0 Å². The molecule has 1 N–H and O–H groups in total. The SMILES string of the molecule is O=c1[nH]c(-c2ccncc2)nc2c1CN(Cc1cncn1Cc1ccccc1)CC2. The maximum atomic E-state index is 12.8. The molecule has 0 amide bonds. The lowest BCUT2D eigenvalue weighted by atomic mass is 10.1. The summed E-state index contributed by atoms with van der Waals surface area (Å²) in [4.78, 5) is 31.1. The van der Waals surface area contributed by atoms with E-state index in [9.17, 15) is 4.79 Å². The van der Waals surface area contributed by atoms with Gasteiger partial charge in [0.15, 0.2) is 0 Å². The fourth-order valence-electron chi connectivity index (χ4n) is 3.89. The first kappa shape index (κ1) is 18.4. The van der Waals surface area contributed by atoms with Crippen LogP contribution in [0.1, 0.15) is 22.5 Å². The van der Waals surface area contributed by atoms with Gasteiger partial charge in [0.1, 0.15) is 5.82 Å². The van der Waals surface area contributed by atoms with Gasteiger partial charge in [-0.05, 0) is 17.7 Å². The summed E-state index contributed by atoms with van der Waals surface area (Å²) in [5, 5.41) is 0. The highest BCUT2D eigenvalue weighted by molar-refractivity contribution is 5.54. The van der Waals surface area contributed by atoms with Crippen molar-refractivity contribution in [3.8, 4) is 11.4 Å². The Morgan fingerprint density at radius 3 is 2.67 bits per heavy atom. The number of pyridine rings is 1. The second-order valence-corrected chi connectivity index (χ2v) is 7.53. The lowest BCUT2D eigenvalue weighted by molar-refractivity contribution is 0.236. The Bertz CT molecular complexity index is 1200. The lowest BCUT2D eigenvalue weighted by Crippen LogP contribution is -2.36. The minimum absolute atomic E-state index is 0.0608. The number of hydrogen-bond acceptors (Lipinski definition) is 5. The van der Waals surface area contributed by atoms with Crippen LogP contribution in [0.4, 0.5) is 0 Å². The summed E-state index contributed by atoms with van der Waals surface area (Å²) in [5.74, 6) is 0.607. The minimum atomic E-state index is -0.0608. The first-order valence-corrected chi connectivity index (χ1v) is 10.0. The molecule has 5 rings (SSSR count). The molecule has 7 nitrogen and oxygen atoms in total. The number of imidazole rings is 1. The molecule has 0 unspecified atom stereocenters. The molecule has 0 atom stereocenters. The molecule has 0 bridgehead atoms. The van der Waals surface area contributed by atoms with Crippen LogP contribution in [-0.4, -0.2) is 35.9 Å². The molecule has 150 valence electrons. The number of fused-ring (bicyclic) bond motifs is 1. The summed E-state index contributed by atoms with van der Waals surface area (Å²) in [5.41, 5.74) is 4.84. The molecule has 0 saturated heterocycles. The maximum Gasteiger partial charge on any atom is 0.255 e. The molecule has 30 heavy (non-hydrogen) atoms. The molecule has 1 aliphatic heterocycles. The second-order valence-electron chi connectivity index (χ2n) is 7.53. The van der Waals surface area contributed by atoms with Gasteiger partial charge in [-0.3, -0.25) is 14.7 Å². The predicted molar refractivity (Wildman–Crippen MR) is 114 cm³/mol. The van der Waals surface area contributed by atoms with E-state index in [1.165, 1.54) is 5.56 Å². The highest BCUT2D eigenvalue weighted by Crippen LogP contribution is 2.20. The largest absolute Gasteiger partial charge is 0.329 e. The molecule has 1 aromatic carbocycles. The minimum Gasteiger partial charge on any atom is -0.329 e. The quantitative estimate of drug-likeness (QED) is 0.559. The van der Waals surface area contributed by atoms with E-state index in [0.29, 0.717) is 12.4 Å². The zero-order valence-corrected chi connectivity index (χ0v) is 16.5. The van der Waals surface area contributed by atoms with Gasteiger partial charge in [0.05, 0.1) is 23.3 Å². The molecule has 4 heterocycles. The predicted octanol–water partition coefficient (Wildman–Crippen LogP) is 2.64. The molecule has 0 spiro atoms. The standard InChI is InChI=1S/C23H22N6O/c30-23-20-15-28(11-8-21(20)26-22(27-23)18-6-9-24-10-7-18)14-19-12-25-16-29(19)13-17-4-2-1-3-5-17/h1-7,9-10,12,16H,8,11,13-15H2,(H,26,27,30).